The third kappa shape index (κ3) is 2.85. The Bertz CT molecular complexity index is 712. The summed E-state index contributed by atoms with van der Waals surface area (Å²) < 4.78 is 25.3. The summed E-state index contributed by atoms with van der Waals surface area (Å²) in [5, 5.41) is 0.478. The maximum absolute atomic E-state index is 13.3. The number of likely N-dealkylation sites (tertiary alicyclic amines) is 1. The Kier molecular flexibility index (Phi) is 4.91. The summed E-state index contributed by atoms with van der Waals surface area (Å²) in [5.41, 5.74) is 5.70. The number of carbonyl (C=O) groups is 1. The molecule has 0 spiro atoms. The molecule has 1 aromatic carbocycles. The molecular formula is C17H23ClN2O3S. The van der Waals surface area contributed by atoms with Crippen molar-refractivity contribution in [2.24, 2.45) is 11.7 Å². The van der Waals surface area contributed by atoms with E-state index in [1.807, 2.05) is 0 Å². The van der Waals surface area contributed by atoms with Crippen molar-refractivity contribution in [3.8, 4) is 0 Å². The van der Waals surface area contributed by atoms with Crippen LogP contribution in [-0.4, -0.2) is 43.6 Å². The van der Waals surface area contributed by atoms with Crippen LogP contribution >= 0.6 is 11.6 Å². The first kappa shape index (κ1) is 17.7. The average Bonchev–Trinajstić information content (AvgIpc) is 3.25. The molecule has 0 unspecified atom stereocenters. The lowest BCUT2D eigenvalue weighted by Gasteiger charge is -2.32. The van der Waals surface area contributed by atoms with Gasteiger partial charge < -0.3 is 10.6 Å². The quantitative estimate of drug-likeness (QED) is 0.881. The van der Waals surface area contributed by atoms with Crippen LogP contribution in [0, 0.1) is 5.92 Å². The highest BCUT2D eigenvalue weighted by Crippen LogP contribution is 2.42. The fourth-order valence-electron chi connectivity index (χ4n) is 3.88. The van der Waals surface area contributed by atoms with Crippen molar-refractivity contribution in [2.45, 2.75) is 41.7 Å². The molecule has 3 rings (SSSR count). The topological polar surface area (TPSA) is 80.5 Å². The minimum atomic E-state index is -3.76. The van der Waals surface area contributed by atoms with E-state index in [-0.39, 0.29) is 16.7 Å². The Morgan fingerprint density at radius 1 is 1.25 bits per heavy atom. The summed E-state index contributed by atoms with van der Waals surface area (Å²) in [7, 11) is -3.76. The number of halogens is 1. The molecule has 1 aromatic rings. The molecule has 24 heavy (non-hydrogen) atoms. The van der Waals surface area contributed by atoms with Gasteiger partial charge >= 0.3 is 0 Å². The summed E-state index contributed by atoms with van der Waals surface area (Å²) in [6.45, 7) is 1.69. The van der Waals surface area contributed by atoms with Crippen LogP contribution in [0.5, 0.6) is 0 Å². The second-order valence-corrected chi connectivity index (χ2v) is 9.50. The van der Waals surface area contributed by atoms with E-state index in [1.54, 1.807) is 17.0 Å². The number of carbonyl (C=O) groups excluding carboxylic acids is 1. The predicted octanol–water partition coefficient (Wildman–Crippen LogP) is 2.23. The Balaban J connectivity index is 1.96. The molecule has 2 N–H and O–H groups in total. The first-order chi connectivity index (χ1) is 11.4. The maximum Gasteiger partial charge on any atom is 0.244 e. The van der Waals surface area contributed by atoms with Gasteiger partial charge in [-0.3, -0.25) is 4.79 Å². The number of benzene rings is 1. The summed E-state index contributed by atoms with van der Waals surface area (Å²) in [5.74, 6) is 0.0246. The zero-order chi connectivity index (χ0) is 17.4. The SMILES string of the molecule is NC[C@@H]1CCN(C(=O)C2(S(=O)(=O)c3ccc(Cl)cc3)CCCC2)C1. The lowest BCUT2D eigenvalue weighted by atomic mass is 10.1. The summed E-state index contributed by atoms with van der Waals surface area (Å²) in [6, 6.07) is 6.11. The third-order valence-corrected chi connectivity index (χ3v) is 8.10. The maximum atomic E-state index is 13.3. The molecular weight excluding hydrogens is 348 g/mol. The van der Waals surface area contributed by atoms with Crippen molar-refractivity contribution in [1.82, 2.24) is 4.90 Å². The standard InChI is InChI=1S/C17H23ClN2O3S/c18-14-3-5-15(6-4-14)24(22,23)17(8-1-2-9-17)16(21)20-10-7-13(11-19)12-20/h3-6,13H,1-2,7-12,19H2/t13-/m0/s1. The second kappa shape index (κ2) is 6.65. The van der Waals surface area contributed by atoms with Gasteiger partial charge in [0.05, 0.1) is 4.90 Å². The summed E-state index contributed by atoms with van der Waals surface area (Å²) in [6.07, 6.45) is 3.14. The van der Waals surface area contributed by atoms with Crippen LogP contribution in [0.4, 0.5) is 0 Å². The van der Waals surface area contributed by atoms with Gasteiger partial charge in [-0.1, -0.05) is 24.4 Å². The molecule has 2 aliphatic rings. The number of amides is 1. The molecule has 2 fully saturated rings. The lowest BCUT2D eigenvalue weighted by molar-refractivity contribution is -0.133. The number of nitrogens with two attached hydrogens (primary N) is 1. The zero-order valence-corrected chi connectivity index (χ0v) is 15.2. The number of sulfone groups is 1. The number of rotatable bonds is 4. The molecule has 1 aliphatic heterocycles. The molecule has 0 bridgehead atoms. The van der Waals surface area contributed by atoms with Crippen molar-refractivity contribution in [2.75, 3.05) is 19.6 Å². The van der Waals surface area contributed by atoms with Crippen LogP contribution in [0.3, 0.4) is 0 Å². The Hall–Kier alpha value is -1.11. The van der Waals surface area contributed by atoms with Crippen LogP contribution in [0.25, 0.3) is 0 Å². The molecule has 1 atom stereocenters. The monoisotopic (exact) mass is 370 g/mol. The molecule has 0 radical (unpaired) electrons. The third-order valence-electron chi connectivity index (χ3n) is 5.35. The molecule has 1 saturated carbocycles. The predicted molar refractivity (Wildman–Crippen MR) is 93.6 cm³/mol. The van der Waals surface area contributed by atoms with E-state index in [1.165, 1.54) is 12.1 Å². The van der Waals surface area contributed by atoms with E-state index in [2.05, 4.69) is 0 Å². The van der Waals surface area contributed by atoms with Gasteiger partial charge in [0.15, 0.2) is 14.6 Å². The Morgan fingerprint density at radius 2 is 1.88 bits per heavy atom. The molecule has 132 valence electrons. The van der Waals surface area contributed by atoms with Crippen molar-refractivity contribution in [3.05, 3.63) is 29.3 Å². The lowest BCUT2D eigenvalue weighted by Crippen LogP contribution is -2.51. The first-order valence-corrected chi connectivity index (χ1v) is 10.3. The van der Waals surface area contributed by atoms with Crippen LogP contribution in [-0.2, 0) is 14.6 Å². The van der Waals surface area contributed by atoms with Crippen molar-refractivity contribution in [3.63, 3.8) is 0 Å². The van der Waals surface area contributed by atoms with Crippen molar-refractivity contribution in [1.29, 1.82) is 0 Å². The van der Waals surface area contributed by atoms with Gasteiger partial charge in [-0.2, -0.15) is 0 Å². The highest BCUT2D eigenvalue weighted by atomic mass is 35.5. The Labute approximate surface area is 148 Å². The fraction of sp³-hybridized carbons (Fsp3) is 0.588. The Morgan fingerprint density at radius 3 is 2.42 bits per heavy atom. The van der Waals surface area contributed by atoms with Gasteiger partial charge in [0.2, 0.25) is 5.91 Å². The smallest absolute Gasteiger partial charge is 0.244 e. The van der Waals surface area contributed by atoms with Crippen LogP contribution in [0.1, 0.15) is 32.1 Å². The van der Waals surface area contributed by atoms with Gasteiger partial charge in [0.25, 0.3) is 0 Å². The fourth-order valence-corrected chi connectivity index (χ4v) is 6.14. The highest BCUT2D eigenvalue weighted by molar-refractivity contribution is 7.93. The van der Waals surface area contributed by atoms with Gasteiger partial charge in [0, 0.05) is 18.1 Å². The van der Waals surface area contributed by atoms with Crippen molar-refractivity contribution >= 4 is 27.3 Å². The molecule has 1 heterocycles. The van der Waals surface area contributed by atoms with E-state index in [9.17, 15) is 13.2 Å². The van der Waals surface area contributed by atoms with E-state index in [4.69, 9.17) is 17.3 Å². The number of nitrogens with zero attached hydrogens (tertiary/aromatic N) is 1. The summed E-state index contributed by atoms with van der Waals surface area (Å²) in [4.78, 5) is 15.1. The molecule has 1 amide bonds. The van der Waals surface area contributed by atoms with Gasteiger partial charge in [0.1, 0.15) is 0 Å². The second-order valence-electron chi connectivity index (χ2n) is 6.80. The van der Waals surface area contributed by atoms with E-state index >= 15 is 0 Å². The van der Waals surface area contributed by atoms with Crippen LogP contribution in [0.15, 0.2) is 29.2 Å². The number of hydrogen-bond donors (Lipinski definition) is 1. The van der Waals surface area contributed by atoms with E-state index in [0.717, 1.165) is 19.3 Å². The van der Waals surface area contributed by atoms with E-state index < -0.39 is 14.6 Å². The number of hydrogen-bond acceptors (Lipinski definition) is 4. The average molecular weight is 371 g/mol. The van der Waals surface area contributed by atoms with Gasteiger partial charge in [-0.05, 0) is 56.0 Å². The van der Waals surface area contributed by atoms with E-state index in [0.29, 0.717) is 37.5 Å². The minimum absolute atomic E-state index is 0.178. The molecule has 1 aliphatic carbocycles. The molecule has 5 nitrogen and oxygen atoms in total. The molecule has 1 saturated heterocycles. The molecule has 7 heteroatoms. The normalized spacial score (nSPS) is 23.6. The first-order valence-electron chi connectivity index (χ1n) is 8.40. The van der Waals surface area contributed by atoms with Crippen LogP contribution < -0.4 is 5.73 Å². The minimum Gasteiger partial charge on any atom is -0.341 e. The van der Waals surface area contributed by atoms with Crippen molar-refractivity contribution < 1.29 is 13.2 Å². The zero-order valence-electron chi connectivity index (χ0n) is 13.6. The highest BCUT2D eigenvalue weighted by Gasteiger charge is 2.55. The van der Waals surface area contributed by atoms with Gasteiger partial charge in [-0.15, -0.1) is 0 Å². The summed E-state index contributed by atoms with van der Waals surface area (Å²) >= 11 is 5.87. The largest absolute Gasteiger partial charge is 0.341 e. The van der Waals surface area contributed by atoms with Crippen LogP contribution in [0.2, 0.25) is 5.02 Å². The molecule has 0 aromatic heterocycles. The van der Waals surface area contributed by atoms with Gasteiger partial charge in [-0.25, -0.2) is 8.42 Å².